The largest absolute Gasteiger partial charge is 0.456 e. The quantitative estimate of drug-likeness (QED) is 0.339. The van der Waals surface area contributed by atoms with Crippen molar-refractivity contribution < 1.29 is 14.1 Å². The van der Waals surface area contributed by atoms with Crippen molar-refractivity contribution in [3.05, 3.63) is 88.2 Å². The average Bonchev–Trinajstić information content (AvgIpc) is 3.33. The smallest absolute Gasteiger partial charge is 0.278 e. The van der Waals surface area contributed by atoms with Crippen molar-refractivity contribution in [1.29, 1.82) is 0 Å². The molecule has 0 bridgehead atoms. The molecule has 0 unspecified atom stereocenters. The highest BCUT2D eigenvalue weighted by Crippen LogP contribution is 2.30. The van der Waals surface area contributed by atoms with Crippen molar-refractivity contribution in [2.45, 2.75) is 6.92 Å². The lowest BCUT2D eigenvalue weighted by molar-refractivity contribution is -0.384. The average molecular weight is 413 g/mol. The molecule has 1 amide bonds. The van der Waals surface area contributed by atoms with Gasteiger partial charge in [0.25, 0.3) is 11.6 Å². The van der Waals surface area contributed by atoms with Crippen LogP contribution in [-0.4, -0.2) is 25.8 Å². The van der Waals surface area contributed by atoms with Crippen molar-refractivity contribution in [3.8, 4) is 5.69 Å². The van der Waals surface area contributed by atoms with E-state index in [2.05, 4.69) is 15.6 Å². The molecule has 0 fully saturated rings. The Kier molecular flexibility index (Phi) is 4.21. The molecule has 2 aromatic heterocycles. The number of hydrogen-bond donors (Lipinski definition) is 1. The number of aromatic nitrogens is 3. The van der Waals surface area contributed by atoms with Crippen LogP contribution in [0.25, 0.3) is 27.6 Å². The number of para-hydroxylation sites is 1. The van der Waals surface area contributed by atoms with Gasteiger partial charge in [0, 0.05) is 34.7 Å². The number of amides is 1. The first kappa shape index (κ1) is 18.5. The van der Waals surface area contributed by atoms with Gasteiger partial charge in [-0.1, -0.05) is 29.5 Å². The van der Waals surface area contributed by atoms with Gasteiger partial charge < -0.3 is 9.73 Å². The van der Waals surface area contributed by atoms with Crippen LogP contribution >= 0.6 is 0 Å². The second-order valence-corrected chi connectivity index (χ2v) is 6.98. The van der Waals surface area contributed by atoms with E-state index in [1.54, 1.807) is 31.2 Å². The fraction of sp³-hybridized carbons (Fsp3) is 0.0455. The Balaban J connectivity index is 1.44. The van der Waals surface area contributed by atoms with E-state index in [0.29, 0.717) is 22.7 Å². The van der Waals surface area contributed by atoms with Crippen molar-refractivity contribution in [1.82, 2.24) is 15.0 Å². The Morgan fingerprint density at radius 2 is 1.84 bits per heavy atom. The fourth-order valence-corrected chi connectivity index (χ4v) is 3.52. The van der Waals surface area contributed by atoms with Crippen molar-refractivity contribution in [3.63, 3.8) is 0 Å². The highest BCUT2D eigenvalue weighted by molar-refractivity contribution is 6.08. The van der Waals surface area contributed by atoms with E-state index in [-0.39, 0.29) is 11.4 Å². The summed E-state index contributed by atoms with van der Waals surface area (Å²) in [5, 5.41) is 23.8. The molecular weight excluding hydrogens is 398 g/mol. The third-order valence-electron chi connectivity index (χ3n) is 5.03. The SMILES string of the molecule is Cc1c(C(=O)Nc2ccc3c(c2)oc2ccccc23)nnn1-c1cccc([N+](=O)[O-])c1. The molecule has 2 heterocycles. The Morgan fingerprint density at radius 1 is 1.03 bits per heavy atom. The first-order chi connectivity index (χ1) is 15.0. The van der Waals surface area contributed by atoms with Gasteiger partial charge in [-0.15, -0.1) is 5.10 Å². The molecule has 5 aromatic rings. The van der Waals surface area contributed by atoms with Gasteiger partial charge in [0.2, 0.25) is 0 Å². The maximum Gasteiger partial charge on any atom is 0.278 e. The number of carbonyl (C=O) groups excluding carboxylic acids is 1. The minimum absolute atomic E-state index is 0.0717. The Hall–Kier alpha value is -4.53. The molecule has 152 valence electrons. The molecule has 1 N–H and O–H groups in total. The molecule has 0 aliphatic rings. The monoisotopic (exact) mass is 413 g/mol. The van der Waals surface area contributed by atoms with E-state index in [0.717, 1.165) is 16.4 Å². The van der Waals surface area contributed by atoms with Gasteiger partial charge in [-0.05, 0) is 31.2 Å². The zero-order chi connectivity index (χ0) is 21.5. The normalized spacial score (nSPS) is 11.1. The molecule has 5 rings (SSSR count). The number of rotatable bonds is 4. The summed E-state index contributed by atoms with van der Waals surface area (Å²) in [6.07, 6.45) is 0. The predicted octanol–water partition coefficient (Wildman–Crippen LogP) is 4.64. The molecular formula is C22H15N5O4. The summed E-state index contributed by atoms with van der Waals surface area (Å²) in [4.78, 5) is 23.3. The minimum Gasteiger partial charge on any atom is -0.456 e. The van der Waals surface area contributed by atoms with Crippen LogP contribution in [-0.2, 0) is 0 Å². The molecule has 0 aliphatic carbocycles. The van der Waals surface area contributed by atoms with E-state index in [1.165, 1.54) is 16.8 Å². The molecule has 0 saturated heterocycles. The number of carbonyl (C=O) groups is 1. The molecule has 31 heavy (non-hydrogen) atoms. The summed E-state index contributed by atoms with van der Waals surface area (Å²) in [5.74, 6) is -0.440. The van der Waals surface area contributed by atoms with Crippen molar-refractivity contribution in [2.75, 3.05) is 5.32 Å². The van der Waals surface area contributed by atoms with Crippen LogP contribution in [0.3, 0.4) is 0 Å². The molecule has 9 heteroatoms. The lowest BCUT2D eigenvalue weighted by Gasteiger charge is -2.05. The predicted molar refractivity (Wildman–Crippen MR) is 114 cm³/mol. The summed E-state index contributed by atoms with van der Waals surface area (Å²) < 4.78 is 7.25. The minimum atomic E-state index is -0.489. The number of anilines is 1. The first-order valence-corrected chi connectivity index (χ1v) is 9.41. The Bertz CT molecular complexity index is 1480. The Labute approximate surface area is 175 Å². The molecule has 0 aliphatic heterocycles. The van der Waals surface area contributed by atoms with E-state index in [4.69, 9.17) is 4.42 Å². The lowest BCUT2D eigenvalue weighted by Crippen LogP contribution is -2.14. The standard InChI is InChI=1S/C22H15N5O4/c1-13-21(24-25-26(13)15-5-4-6-16(12-15)27(29)30)22(28)23-14-9-10-18-17-7-2-3-8-19(17)31-20(18)11-14/h2-12H,1H3,(H,23,28). The number of hydrogen-bond acceptors (Lipinski definition) is 6. The zero-order valence-electron chi connectivity index (χ0n) is 16.3. The highest BCUT2D eigenvalue weighted by Gasteiger charge is 2.19. The zero-order valence-corrected chi connectivity index (χ0v) is 16.3. The summed E-state index contributed by atoms with van der Waals surface area (Å²) in [7, 11) is 0. The second kappa shape index (κ2) is 7.06. The van der Waals surface area contributed by atoms with Gasteiger partial charge in [-0.2, -0.15) is 0 Å². The van der Waals surface area contributed by atoms with Crippen molar-refractivity contribution >= 4 is 39.2 Å². The summed E-state index contributed by atoms with van der Waals surface area (Å²) in [6.45, 7) is 1.68. The van der Waals surface area contributed by atoms with Crippen LogP contribution in [0.15, 0.2) is 71.1 Å². The maximum atomic E-state index is 12.8. The number of nitro benzene ring substituents is 1. The Morgan fingerprint density at radius 3 is 2.68 bits per heavy atom. The fourth-order valence-electron chi connectivity index (χ4n) is 3.52. The second-order valence-electron chi connectivity index (χ2n) is 6.98. The van der Waals surface area contributed by atoms with Crippen LogP contribution in [0.2, 0.25) is 0 Å². The van der Waals surface area contributed by atoms with Gasteiger partial charge in [0.05, 0.1) is 16.3 Å². The van der Waals surface area contributed by atoms with Gasteiger partial charge in [0.1, 0.15) is 11.2 Å². The van der Waals surface area contributed by atoms with E-state index < -0.39 is 10.8 Å². The van der Waals surface area contributed by atoms with Gasteiger partial charge in [-0.3, -0.25) is 14.9 Å². The summed E-state index contributed by atoms with van der Waals surface area (Å²) in [6, 6.07) is 19.1. The van der Waals surface area contributed by atoms with Crippen LogP contribution < -0.4 is 5.32 Å². The van der Waals surface area contributed by atoms with Crippen LogP contribution in [0.5, 0.6) is 0 Å². The summed E-state index contributed by atoms with van der Waals surface area (Å²) >= 11 is 0. The van der Waals surface area contributed by atoms with Crippen LogP contribution in [0.4, 0.5) is 11.4 Å². The van der Waals surface area contributed by atoms with Crippen LogP contribution in [0, 0.1) is 17.0 Å². The van der Waals surface area contributed by atoms with Gasteiger partial charge in [-0.25, -0.2) is 4.68 Å². The lowest BCUT2D eigenvalue weighted by atomic mass is 10.1. The first-order valence-electron chi connectivity index (χ1n) is 9.41. The number of nitrogens with zero attached hydrogens (tertiary/aromatic N) is 4. The van der Waals surface area contributed by atoms with Gasteiger partial charge >= 0.3 is 0 Å². The molecule has 3 aromatic carbocycles. The molecule has 0 spiro atoms. The third-order valence-corrected chi connectivity index (χ3v) is 5.03. The highest BCUT2D eigenvalue weighted by atomic mass is 16.6. The number of furan rings is 1. The maximum absolute atomic E-state index is 12.8. The number of fused-ring (bicyclic) bond motifs is 3. The molecule has 9 nitrogen and oxygen atoms in total. The van der Waals surface area contributed by atoms with E-state index in [1.807, 2.05) is 30.3 Å². The van der Waals surface area contributed by atoms with Crippen LogP contribution in [0.1, 0.15) is 16.2 Å². The molecule has 0 radical (unpaired) electrons. The van der Waals surface area contributed by atoms with Gasteiger partial charge in [0.15, 0.2) is 5.69 Å². The van der Waals surface area contributed by atoms with Crippen molar-refractivity contribution in [2.24, 2.45) is 0 Å². The topological polar surface area (TPSA) is 116 Å². The van der Waals surface area contributed by atoms with E-state index in [9.17, 15) is 14.9 Å². The summed E-state index contributed by atoms with van der Waals surface area (Å²) in [5.41, 5.74) is 2.95. The number of non-ortho nitro benzene ring substituents is 1. The third kappa shape index (κ3) is 3.18. The molecule has 0 atom stereocenters. The molecule has 0 saturated carbocycles. The number of nitrogens with one attached hydrogen (secondary N) is 1. The number of benzene rings is 3. The number of nitro groups is 1. The van der Waals surface area contributed by atoms with E-state index >= 15 is 0 Å².